The van der Waals surface area contributed by atoms with Gasteiger partial charge in [-0.1, -0.05) is 20.8 Å². The summed E-state index contributed by atoms with van der Waals surface area (Å²) in [5.41, 5.74) is 7.56. The summed E-state index contributed by atoms with van der Waals surface area (Å²) in [6.07, 6.45) is 3.64. The van der Waals surface area contributed by atoms with Gasteiger partial charge < -0.3 is 5.73 Å². The molecule has 2 aromatic heterocycles. The summed E-state index contributed by atoms with van der Waals surface area (Å²) in [6, 6.07) is 1.94. The van der Waals surface area contributed by atoms with Crippen LogP contribution in [0, 0.1) is 6.92 Å². The normalized spacial score (nSPS) is 11.8. The monoisotopic (exact) mass is 231 g/mol. The van der Waals surface area contributed by atoms with Gasteiger partial charge in [0.15, 0.2) is 0 Å². The summed E-state index contributed by atoms with van der Waals surface area (Å²) in [6.45, 7) is 8.22. The minimum absolute atomic E-state index is 0.0541. The lowest BCUT2D eigenvalue weighted by Crippen LogP contribution is -2.16. The lowest BCUT2D eigenvalue weighted by atomic mass is 9.92. The lowest BCUT2D eigenvalue weighted by Gasteiger charge is -2.18. The van der Waals surface area contributed by atoms with Gasteiger partial charge in [-0.15, -0.1) is 0 Å². The third-order valence-electron chi connectivity index (χ3n) is 2.47. The van der Waals surface area contributed by atoms with Gasteiger partial charge in [-0.3, -0.25) is 4.57 Å². The molecule has 0 unspecified atom stereocenters. The highest BCUT2D eigenvalue weighted by molar-refractivity contribution is 5.34. The third-order valence-corrected chi connectivity index (χ3v) is 2.47. The van der Waals surface area contributed by atoms with Gasteiger partial charge in [-0.2, -0.15) is 4.98 Å². The summed E-state index contributed by atoms with van der Waals surface area (Å²) in [7, 11) is 0. The van der Waals surface area contributed by atoms with E-state index in [1.54, 1.807) is 6.33 Å². The number of aryl methyl sites for hydroxylation is 1. The van der Waals surface area contributed by atoms with Gasteiger partial charge >= 0.3 is 0 Å². The van der Waals surface area contributed by atoms with Crippen LogP contribution in [0.25, 0.3) is 5.82 Å². The summed E-state index contributed by atoms with van der Waals surface area (Å²) in [5.74, 6) is 1.04. The van der Waals surface area contributed by atoms with Crippen molar-refractivity contribution in [1.29, 1.82) is 0 Å². The van der Waals surface area contributed by atoms with E-state index in [9.17, 15) is 0 Å². The molecule has 0 aromatic carbocycles. The van der Waals surface area contributed by atoms with Crippen molar-refractivity contribution < 1.29 is 0 Å². The van der Waals surface area contributed by atoms with Crippen molar-refractivity contribution in [2.24, 2.45) is 0 Å². The van der Waals surface area contributed by atoms with Gasteiger partial charge in [-0.05, 0) is 6.92 Å². The van der Waals surface area contributed by atoms with Gasteiger partial charge in [0, 0.05) is 17.7 Å². The highest BCUT2D eigenvalue weighted by atomic mass is 15.1. The maximum atomic E-state index is 5.74. The number of nitrogens with two attached hydrogens (primary N) is 1. The standard InChI is InChI=1S/C12H17N5/c1-8-6-17(7-14-8)10-5-9(12(2,3)4)15-11(13)16-10/h5-7H,1-4H3,(H2,13,15,16). The van der Waals surface area contributed by atoms with Crippen molar-refractivity contribution in [3.8, 4) is 5.82 Å². The number of hydrogen-bond acceptors (Lipinski definition) is 4. The molecule has 0 spiro atoms. The zero-order valence-electron chi connectivity index (χ0n) is 10.6. The maximum absolute atomic E-state index is 5.74. The van der Waals surface area contributed by atoms with Crippen LogP contribution in [-0.2, 0) is 5.41 Å². The minimum atomic E-state index is -0.0541. The molecule has 5 nitrogen and oxygen atoms in total. The number of imidazole rings is 1. The fourth-order valence-electron chi connectivity index (χ4n) is 1.52. The van der Waals surface area contributed by atoms with Crippen molar-refractivity contribution in [3.63, 3.8) is 0 Å². The number of nitrogen functional groups attached to an aromatic ring is 1. The number of anilines is 1. The molecule has 0 fully saturated rings. The van der Waals surface area contributed by atoms with Crippen molar-refractivity contribution in [1.82, 2.24) is 19.5 Å². The van der Waals surface area contributed by atoms with E-state index in [2.05, 4.69) is 35.7 Å². The summed E-state index contributed by atoms with van der Waals surface area (Å²) >= 11 is 0. The smallest absolute Gasteiger partial charge is 0.222 e. The Bertz CT molecular complexity index is 536. The Hall–Kier alpha value is -1.91. The first-order chi connectivity index (χ1) is 7.86. The first kappa shape index (κ1) is 11.6. The Kier molecular flexibility index (Phi) is 2.61. The molecule has 2 rings (SSSR count). The van der Waals surface area contributed by atoms with Crippen molar-refractivity contribution >= 4 is 5.95 Å². The Balaban J connectivity index is 2.52. The van der Waals surface area contributed by atoms with E-state index in [0.717, 1.165) is 17.2 Å². The Morgan fingerprint density at radius 2 is 1.94 bits per heavy atom. The molecule has 2 heterocycles. The molecule has 0 radical (unpaired) electrons. The van der Waals surface area contributed by atoms with E-state index in [-0.39, 0.29) is 5.41 Å². The first-order valence-corrected chi connectivity index (χ1v) is 5.52. The number of hydrogen-bond donors (Lipinski definition) is 1. The molecule has 0 amide bonds. The maximum Gasteiger partial charge on any atom is 0.222 e. The van der Waals surface area contributed by atoms with E-state index in [1.165, 1.54) is 0 Å². The molecule has 0 aliphatic carbocycles. The van der Waals surface area contributed by atoms with Gasteiger partial charge in [-0.25, -0.2) is 9.97 Å². The molecule has 2 aromatic rings. The SMILES string of the molecule is Cc1cn(-c2cc(C(C)(C)C)nc(N)n2)cn1. The molecular weight excluding hydrogens is 214 g/mol. The molecule has 0 aliphatic rings. The van der Waals surface area contributed by atoms with Crippen LogP contribution >= 0.6 is 0 Å². The van der Waals surface area contributed by atoms with Crippen LogP contribution in [0.1, 0.15) is 32.2 Å². The lowest BCUT2D eigenvalue weighted by molar-refractivity contribution is 0.567. The molecule has 0 saturated heterocycles. The summed E-state index contributed by atoms with van der Waals surface area (Å²) < 4.78 is 1.85. The number of rotatable bonds is 1. The van der Waals surface area contributed by atoms with E-state index >= 15 is 0 Å². The Labute approximate surface area is 101 Å². The first-order valence-electron chi connectivity index (χ1n) is 5.52. The quantitative estimate of drug-likeness (QED) is 0.813. The number of nitrogens with zero attached hydrogens (tertiary/aromatic N) is 4. The average molecular weight is 231 g/mol. The fourth-order valence-corrected chi connectivity index (χ4v) is 1.52. The van der Waals surface area contributed by atoms with Crippen LogP contribution in [0.15, 0.2) is 18.6 Å². The second-order valence-corrected chi connectivity index (χ2v) is 5.14. The van der Waals surface area contributed by atoms with Crippen molar-refractivity contribution in [2.45, 2.75) is 33.1 Å². The van der Waals surface area contributed by atoms with Crippen LogP contribution < -0.4 is 5.73 Å². The molecule has 0 bridgehead atoms. The highest BCUT2D eigenvalue weighted by Gasteiger charge is 2.17. The zero-order valence-corrected chi connectivity index (χ0v) is 10.6. The van der Waals surface area contributed by atoms with E-state index in [0.29, 0.717) is 5.95 Å². The van der Waals surface area contributed by atoms with Crippen molar-refractivity contribution in [3.05, 3.63) is 30.0 Å². The predicted molar refractivity (Wildman–Crippen MR) is 67.0 cm³/mol. The average Bonchev–Trinajstić information content (AvgIpc) is 2.62. The zero-order chi connectivity index (χ0) is 12.6. The Morgan fingerprint density at radius 1 is 1.24 bits per heavy atom. The molecular formula is C12H17N5. The topological polar surface area (TPSA) is 69.6 Å². The van der Waals surface area contributed by atoms with Crippen LogP contribution in [0.2, 0.25) is 0 Å². The Morgan fingerprint density at radius 3 is 2.47 bits per heavy atom. The van der Waals surface area contributed by atoms with Crippen molar-refractivity contribution in [2.75, 3.05) is 5.73 Å². The van der Waals surface area contributed by atoms with E-state index in [4.69, 9.17) is 5.73 Å². The molecule has 0 atom stereocenters. The van der Waals surface area contributed by atoms with E-state index < -0.39 is 0 Å². The van der Waals surface area contributed by atoms with Gasteiger partial charge in [0.25, 0.3) is 0 Å². The van der Waals surface area contributed by atoms with Crippen LogP contribution in [0.4, 0.5) is 5.95 Å². The van der Waals surface area contributed by atoms with Gasteiger partial charge in [0.05, 0.1) is 11.4 Å². The van der Waals surface area contributed by atoms with Gasteiger partial charge in [0.1, 0.15) is 12.1 Å². The third kappa shape index (κ3) is 2.43. The molecule has 0 saturated carbocycles. The largest absolute Gasteiger partial charge is 0.368 e. The van der Waals surface area contributed by atoms with Crippen LogP contribution in [0.3, 0.4) is 0 Å². The second kappa shape index (κ2) is 3.84. The fraction of sp³-hybridized carbons (Fsp3) is 0.417. The highest BCUT2D eigenvalue weighted by Crippen LogP contribution is 2.22. The minimum Gasteiger partial charge on any atom is -0.368 e. The molecule has 17 heavy (non-hydrogen) atoms. The molecule has 90 valence electrons. The molecule has 0 aliphatic heterocycles. The number of aromatic nitrogens is 4. The predicted octanol–water partition coefficient (Wildman–Crippen LogP) is 1.85. The molecule has 2 N–H and O–H groups in total. The summed E-state index contributed by atoms with van der Waals surface area (Å²) in [5, 5.41) is 0. The van der Waals surface area contributed by atoms with E-state index in [1.807, 2.05) is 23.8 Å². The van der Waals surface area contributed by atoms with Crippen LogP contribution in [-0.4, -0.2) is 19.5 Å². The molecule has 5 heteroatoms. The second-order valence-electron chi connectivity index (χ2n) is 5.14. The van der Waals surface area contributed by atoms with Crippen LogP contribution in [0.5, 0.6) is 0 Å². The summed E-state index contributed by atoms with van der Waals surface area (Å²) in [4.78, 5) is 12.7. The van der Waals surface area contributed by atoms with Gasteiger partial charge in [0.2, 0.25) is 5.95 Å².